The zero-order valence-electron chi connectivity index (χ0n) is 8.77. The number of aliphatic hydroxyl groups excluding tert-OH is 1. The molecule has 0 unspecified atom stereocenters. The van der Waals surface area contributed by atoms with Gasteiger partial charge in [0, 0.05) is 18.6 Å². The van der Waals surface area contributed by atoms with E-state index in [1.807, 2.05) is 5.43 Å². The summed E-state index contributed by atoms with van der Waals surface area (Å²) in [6, 6.07) is 0. The number of hydrazine groups is 1. The molecule has 0 rings (SSSR count). The van der Waals surface area contributed by atoms with Gasteiger partial charge in [-0.2, -0.15) is 0 Å². The van der Waals surface area contributed by atoms with Crippen molar-refractivity contribution in [3.05, 3.63) is 12.2 Å². The van der Waals surface area contributed by atoms with Crippen molar-refractivity contribution in [3.63, 3.8) is 0 Å². The van der Waals surface area contributed by atoms with Crippen molar-refractivity contribution in [2.45, 2.75) is 25.9 Å². The Kier molecular flexibility index (Phi) is 6.53. The molecule has 0 spiro atoms. The number of rotatable bonds is 5. The summed E-state index contributed by atoms with van der Waals surface area (Å²) in [6.45, 7) is 1.54. The average Bonchev–Trinajstić information content (AvgIpc) is 2.20. The highest BCUT2D eigenvalue weighted by atomic mass is 16.4. The Hall–Kier alpha value is -1.89. The highest BCUT2D eigenvalue weighted by molar-refractivity contribution is 5.94. The molecule has 4 N–H and O–H groups in total. The van der Waals surface area contributed by atoms with Gasteiger partial charge in [-0.3, -0.25) is 20.4 Å². The number of aliphatic carboxylic acids is 1. The Morgan fingerprint density at radius 3 is 2.38 bits per heavy atom. The van der Waals surface area contributed by atoms with E-state index in [-0.39, 0.29) is 12.8 Å². The molecule has 0 aromatic heterocycles. The van der Waals surface area contributed by atoms with E-state index in [0.717, 1.165) is 6.08 Å². The first-order chi connectivity index (χ1) is 7.41. The first kappa shape index (κ1) is 14.1. The lowest BCUT2D eigenvalue weighted by Gasteiger charge is -2.06. The predicted octanol–water partition coefficient (Wildman–Crippen LogP) is -1.06. The average molecular weight is 230 g/mol. The molecular formula is C9H14N2O5. The van der Waals surface area contributed by atoms with Gasteiger partial charge in [0.25, 0.3) is 5.91 Å². The Morgan fingerprint density at radius 2 is 1.88 bits per heavy atom. The van der Waals surface area contributed by atoms with E-state index < -0.39 is 23.9 Å². The van der Waals surface area contributed by atoms with Gasteiger partial charge in [0.05, 0.1) is 6.10 Å². The van der Waals surface area contributed by atoms with Crippen molar-refractivity contribution in [3.8, 4) is 0 Å². The predicted molar refractivity (Wildman–Crippen MR) is 54.0 cm³/mol. The van der Waals surface area contributed by atoms with Crippen LogP contribution in [0.2, 0.25) is 0 Å². The fourth-order valence-corrected chi connectivity index (χ4v) is 0.722. The zero-order valence-corrected chi connectivity index (χ0v) is 8.77. The second-order valence-corrected chi connectivity index (χ2v) is 3.10. The molecule has 90 valence electrons. The number of carbonyl (C=O) groups is 3. The minimum Gasteiger partial charge on any atom is -0.478 e. The molecule has 7 heteroatoms. The van der Waals surface area contributed by atoms with Crippen LogP contribution in [0.15, 0.2) is 12.2 Å². The van der Waals surface area contributed by atoms with Gasteiger partial charge < -0.3 is 10.2 Å². The van der Waals surface area contributed by atoms with Crippen LogP contribution < -0.4 is 10.9 Å². The molecule has 0 aliphatic rings. The molecule has 0 radical (unpaired) electrons. The summed E-state index contributed by atoms with van der Waals surface area (Å²) < 4.78 is 0. The van der Waals surface area contributed by atoms with Crippen LogP contribution in [0.5, 0.6) is 0 Å². The third kappa shape index (κ3) is 8.70. The van der Waals surface area contributed by atoms with Crippen LogP contribution in [-0.2, 0) is 14.4 Å². The number of carbonyl (C=O) groups excluding carboxylic acids is 2. The van der Waals surface area contributed by atoms with Gasteiger partial charge in [-0.05, 0) is 13.3 Å². The van der Waals surface area contributed by atoms with Gasteiger partial charge in [-0.25, -0.2) is 4.79 Å². The summed E-state index contributed by atoms with van der Waals surface area (Å²) in [7, 11) is 0. The summed E-state index contributed by atoms with van der Waals surface area (Å²) in [5.41, 5.74) is 4.06. The fraction of sp³-hybridized carbons (Fsp3) is 0.444. The fourth-order valence-electron chi connectivity index (χ4n) is 0.722. The SMILES string of the molecule is C[C@@H](O)CCC(=O)NNC(=O)/C=C\C(=O)O. The van der Waals surface area contributed by atoms with Crippen molar-refractivity contribution >= 4 is 17.8 Å². The number of carboxylic acid groups (broad SMARTS) is 1. The number of hydrogen-bond acceptors (Lipinski definition) is 4. The highest BCUT2D eigenvalue weighted by Gasteiger charge is 2.04. The number of nitrogens with one attached hydrogen (secondary N) is 2. The van der Waals surface area contributed by atoms with Crippen molar-refractivity contribution in [2.75, 3.05) is 0 Å². The molecular weight excluding hydrogens is 216 g/mol. The van der Waals surface area contributed by atoms with Crippen molar-refractivity contribution in [1.82, 2.24) is 10.9 Å². The summed E-state index contributed by atoms with van der Waals surface area (Å²) in [5.74, 6) is -2.46. The Balaban J connectivity index is 3.75. The second-order valence-electron chi connectivity index (χ2n) is 3.10. The molecule has 0 fully saturated rings. The first-order valence-electron chi connectivity index (χ1n) is 4.59. The lowest BCUT2D eigenvalue weighted by molar-refractivity contribution is -0.131. The van der Waals surface area contributed by atoms with Crippen molar-refractivity contribution in [1.29, 1.82) is 0 Å². The van der Waals surface area contributed by atoms with Gasteiger partial charge >= 0.3 is 5.97 Å². The zero-order chi connectivity index (χ0) is 12.6. The monoisotopic (exact) mass is 230 g/mol. The minimum absolute atomic E-state index is 0.0700. The normalized spacial score (nSPS) is 12.1. The molecule has 0 saturated heterocycles. The number of carboxylic acids is 1. The van der Waals surface area contributed by atoms with Crippen LogP contribution in [0.4, 0.5) is 0 Å². The lowest BCUT2D eigenvalue weighted by Crippen LogP contribution is -2.40. The number of aliphatic hydroxyl groups is 1. The van der Waals surface area contributed by atoms with Gasteiger partial charge in [0.15, 0.2) is 0 Å². The molecule has 0 aliphatic heterocycles. The summed E-state index contributed by atoms with van der Waals surface area (Å²) >= 11 is 0. The van der Waals surface area contributed by atoms with E-state index in [1.165, 1.54) is 0 Å². The summed E-state index contributed by atoms with van der Waals surface area (Å²) in [6.07, 6.45) is 1.19. The second kappa shape index (κ2) is 7.41. The molecule has 0 aromatic rings. The molecule has 0 saturated carbocycles. The summed E-state index contributed by atoms with van der Waals surface area (Å²) in [4.78, 5) is 31.9. The van der Waals surface area contributed by atoms with E-state index in [1.54, 1.807) is 6.92 Å². The third-order valence-electron chi connectivity index (χ3n) is 1.49. The maximum absolute atomic E-state index is 11.0. The molecule has 0 aliphatic carbocycles. The Bertz CT molecular complexity index is 298. The number of hydrogen-bond donors (Lipinski definition) is 4. The highest BCUT2D eigenvalue weighted by Crippen LogP contribution is 1.94. The topological polar surface area (TPSA) is 116 Å². The van der Waals surface area contributed by atoms with Crippen molar-refractivity contribution in [2.24, 2.45) is 0 Å². The Morgan fingerprint density at radius 1 is 1.25 bits per heavy atom. The molecule has 0 aromatic carbocycles. The molecule has 1 atom stereocenters. The lowest BCUT2D eigenvalue weighted by atomic mass is 10.2. The van der Waals surface area contributed by atoms with E-state index in [9.17, 15) is 14.4 Å². The smallest absolute Gasteiger partial charge is 0.328 e. The molecule has 0 heterocycles. The quantitative estimate of drug-likeness (QED) is 0.355. The van der Waals surface area contributed by atoms with Gasteiger partial charge in [0.1, 0.15) is 0 Å². The standard InChI is InChI=1S/C9H14N2O5/c1-6(12)2-3-7(13)10-11-8(14)4-5-9(15)16/h4-6,12H,2-3H2,1H3,(H,10,13)(H,11,14)(H,15,16)/b5-4-/t6-/m1/s1. The maximum atomic E-state index is 11.0. The maximum Gasteiger partial charge on any atom is 0.328 e. The van der Waals surface area contributed by atoms with Crippen LogP contribution >= 0.6 is 0 Å². The molecule has 16 heavy (non-hydrogen) atoms. The Labute approximate surface area is 92.1 Å². The molecule has 2 amide bonds. The van der Waals surface area contributed by atoms with Crippen LogP contribution in [0.1, 0.15) is 19.8 Å². The molecule has 0 bridgehead atoms. The minimum atomic E-state index is -1.25. The van der Waals surface area contributed by atoms with Crippen LogP contribution in [0, 0.1) is 0 Å². The first-order valence-corrected chi connectivity index (χ1v) is 4.59. The molecule has 7 nitrogen and oxygen atoms in total. The van der Waals surface area contributed by atoms with Gasteiger partial charge in [-0.15, -0.1) is 0 Å². The number of amides is 2. The van der Waals surface area contributed by atoms with Crippen LogP contribution in [0.3, 0.4) is 0 Å². The van der Waals surface area contributed by atoms with Crippen molar-refractivity contribution < 1.29 is 24.6 Å². The van der Waals surface area contributed by atoms with Gasteiger partial charge in [-0.1, -0.05) is 0 Å². The van der Waals surface area contributed by atoms with E-state index in [2.05, 4.69) is 5.43 Å². The summed E-state index contributed by atoms with van der Waals surface area (Å²) in [5, 5.41) is 17.1. The largest absolute Gasteiger partial charge is 0.478 e. The van der Waals surface area contributed by atoms with E-state index in [0.29, 0.717) is 6.08 Å². The third-order valence-corrected chi connectivity index (χ3v) is 1.49. The van der Waals surface area contributed by atoms with Gasteiger partial charge in [0.2, 0.25) is 5.91 Å². The van der Waals surface area contributed by atoms with E-state index in [4.69, 9.17) is 10.2 Å². The van der Waals surface area contributed by atoms with Crippen LogP contribution in [0.25, 0.3) is 0 Å². The van der Waals surface area contributed by atoms with E-state index >= 15 is 0 Å². The van der Waals surface area contributed by atoms with Crippen LogP contribution in [-0.4, -0.2) is 34.1 Å².